The third-order valence-electron chi connectivity index (χ3n) is 3.94. The van der Waals surface area contributed by atoms with Crippen molar-refractivity contribution >= 4 is 52.1 Å². The van der Waals surface area contributed by atoms with Gasteiger partial charge in [-0.3, -0.25) is 4.79 Å². The van der Waals surface area contributed by atoms with Gasteiger partial charge in [-0.15, -0.1) is 11.3 Å². The van der Waals surface area contributed by atoms with E-state index in [1.54, 1.807) is 41.8 Å². The minimum Gasteiger partial charge on any atom is -0.467 e. The lowest BCUT2D eigenvalue weighted by Gasteiger charge is -2.31. The summed E-state index contributed by atoms with van der Waals surface area (Å²) in [4.78, 5) is 38.1. The van der Waals surface area contributed by atoms with Gasteiger partial charge in [0.2, 0.25) is 5.78 Å². The van der Waals surface area contributed by atoms with Crippen molar-refractivity contribution in [2.24, 2.45) is 5.10 Å². The lowest BCUT2D eigenvalue weighted by atomic mass is 10.0. The molecule has 0 N–H and O–H groups in total. The first-order chi connectivity index (χ1) is 13.5. The summed E-state index contributed by atoms with van der Waals surface area (Å²) in [5, 5.41) is 7.73. The molecule has 1 aromatic carbocycles. The van der Waals surface area contributed by atoms with Gasteiger partial charge in [0, 0.05) is 5.02 Å². The van der Waals surface area contributed by atoms with Crippen LogP contribution in [-0.2, 0) is 19.1 Å². The molecule has 28 heavy (non-hydrogen) atoms. The highest BCUT2D eigenvalue weighted by atomic mass is 35.5. The van der Waals surface area contributed by atoms with Gasteiger partial charge in [-0.05, 0) is 35.7 Å². The number of benzene rings is 1. The highest BCUT2D eigenvalue weighted by Crippen LogP contribution is 2.29. The molecule has 0 saturated heterocycles. The Morgan fingerprint density at radius 1 is 1.14 bits per heavy atom. The van der Waals surface area contributed by atoms with Gasteiger partial charge in [0.25, 0.3) is 0 Å². The highest BCUT2D eigenvalue weighted by molar-refractivity contribution is 7.13. The number of carbonyl (C=O) groups is 3. The molecule has 1 aliphatic heterocycles. The number of nitrogens with zero attached hydrogens (tertiary/aromatic N) is 2. The average molecular weight is 419 g/mol. The van der Waals surface area contributed by atoms with E-state index in [0.717, 1.165) is 0 Å². The van der Waals surface area contributed by atoms with Crippen LogP contribution < -0.4 is 5.01 Å². The van der Waals surface area contributed by atoms with Crippen LogP contribution in [0.3, 0.4) is 0 Å². The van der Waals surface area contributed by atoms with Crippen molar-refractivity contribution in [3.8, 4) is 0 Å². The van der Waals surface area contributed by atoms with Crippen LogP contribution in [0.4, 0.5) is 5.69 Å². The number of Topliss-reactive ketones (excluding diaryl/α,β-unsaturated/α-hetero) is 1. The first-order valence-electron chi connectivity index (χ1n) is 8.05. The predicted molar refractivity (Wildman–Crippen MR) is 106 cm³/mol. The molecule has 0 saturated carbocycles. The molecule has 1 atom stereocenters. The molecule has 9 heteroatoms. The van der Waals surface area contributed by atoms with Gasteiger partial charge < -0.3 is 9.47 Å². The largest absolute Gasteiger partial charge is 0.467 e. The van der Waals surface area contributed by atoms with Crippen molar-refractivity contribution in [1.29, 1.82) is 0 Å². The van der Waals surface area contributed by atoms with Crippen LogP contribution in [-0.4, -0.2) is 43.7 Å². The van der Waals surface area contributed by atoms with Gasteiger partial charge in [0.05, 0.1) is 30.4 Å². The summed E-state index contributed by atoms with van der Waals surface area (Å²) in [5.74, 6) is -1.89. The maximum absolute atomic E-state index is 12.8. The summed E-state index contributed by atoms with van der Waals surface area (Å²) in [5.41, 5.74) is 0.334. The van der Waals surface area contributed by atoms with Gasteiger partial charge in [-0.2, -0.15) is 5.10 Å². The summed E-state index contributed by atoms with van der Waals surface area (Å²) in [6.07, 6.45) is 1.26. The number of halogens is 1. The fourth-order valence-corrected chi connectivity index (χ4v) is 3.51. The molecule has 3 rings (SSSR count). The van der Waals surface area contributed by atoms with Crippen molar-refractivity contribution in [1.82, 2.24) is 0 Å². The molecule has 7 nitrogen and oxygen atoms in total. The van der Waals surface area contributed by atoms with Crippen molar-refractivity contribution in [2.45, 2.75) is 6.04 Å². The predicted octanol–water partition coefficient (Wildman–Crippen LogP) is 3.10. The monoisotopic (exact) mass is 418 g/mol. The molecule has 0 amide bonds. The topological polar surface area (TPSA) is 85.3 Å². The molecule has 2 heterocycles. The number of anilines is 1. The molecule has 0 radical (unpaired) electrons. The highest BCUT2D eigenvalue weighted by Gasteiger charge is 2.39. The molecular formula is C19H15ClN2O5S. The molecule has 0 bridgehead atoms. The Morgan fingerprint density at radius 2 is 1.93 bits per heavy atom. The first-order valence-corrected chi connectivity index (χ1v) is 9.31. The van der Waals surface area contributed by atoms with E-state index in [1.165, 1.54) is 36.6 Å². The number of hydrogen-bond acceptors (Lipinski definition) is 8. The SMILES string of the molecule is COC(=O)C1=CC(C(=O)c2cccs2)=NN(c2cccc(Cl)c2)[C@H]1C(=O)OC. The van der Waals surface area contributed by atoms with Crippen LogP contribution in [0.15, 0.2) is 58.5 Å². The van der Waals surface area contributed by atoms with Gasteiger partial charge in [0.1, 0.15) is 5.71 Å². The molecule has 0 aliphatic carbocycles. The Bertz CT molecular complexity index is 984. The van der Waals surface area contributed by atoms with Crippen LogP contribution in [0.2, 0.25) is 5.02 Å². The van der Waals surface area contributed by atoms with E-state index in [2.05, 4.69) is 5.10 Å². The Kier molecular flexibility index (Phi) is 5.91. The van der Waals surface area contributed by atoms with Crippen LogP contribution in [0, 0.1) is 0 Å². The van der Waals surface area contributed by atoms with Crippen LogP contribution in [0.25, 0.3) is 0 Å². The number of allylic oxidation sites excluding steroid dienone is 1. The number of esters is 2. The Morgan fingerprint density at radius 3 is 2.54 bits per heavy atom. The van der Waals surface area contributed by atoms with E-state index >= 15 is 0 Å². The molecule has 2 aromatic rings. The maximum atomic E-state index is 12.8. The minimum absolute atomic E-state index is 0.0111. The number of hydrogen-bond donors (Lipinski definition) is 0. The van der Waals surface area contributed by atoms with E-state index in [1.807, 2.05) is 0 Å². The number of hydrazone groups is 1. The summed E-state index contributed by atoms with van der Waals surface area (Å²) >= 11 is 7.31. The van der Waals surface area contributed by atoms with E-state index in [-0.39, 0.29) is 17.1 Å². The molecule has 1 aliphatic rings. The lowest BCUT2D eigenvalue weighted by Crippen LogP contribution is -2.46. The molecule has 0 unspecified atom stereocenters. The average Bonchev–Trinajstić information content (AvgIpc) is 3.26. The number of carbonyl (C=O) groups excluding carboxylic acids is 3. The maximum Gasteiger partial charge on any atom is 0.336 e. The van der Waals surface area contributed by atoms with Gasteiger partial charge in [0.15, 0.2) is 6.04 Å². The van der Waals surface area contributed by atoms with Gasteiger partial charge in [-0.25, -0.2) is 14.6 Å². The third-order valence-corrected chi connectivity index (χ3v) is 5.05. The summed E-state index contributed by atoms with van der Waals surface area (Å²) in [6.45, 7) is 0. The zero-order chi connectivity index (χ0) is 20.3. The quantitative estimate of drug-likeness (QED) is 0.548. The normalized spacial score (nSPS) is 16.1. The fourth-order valence-electron chi connectivity index (χ4n) is 2.66. The van der Waals surface area contributed by atoms with E-state index in [0.29, 0.717) is 15.6 Å². The van der Waals surface area contributed by atoms with Crippen molar-refractivity contribution in [2.75, 3.05) is 19.2 Å². The van der Waals surface area contributed by atoms with Crippen molar-refractivity contribution < 1.29 is 23.9 Å². The van der Waals surface area contributed by atoms with Crippen LogP contribution in [0.5, 0.6) is 0 Å². The van der Waals surface area contributed by atoms with Crippen LogP contribution >= 0.6 is 22.9 Å². The van der Waals surface area contributed by atoms with Crippen molar-refractivity contribution in [3.63, 3.8) is 0 Å². The van der Waals surface area contributed by atoms with Gasteiger partial charge >= 0.3 is 11.9 Å². The molecular weight excluding hydrogens is 404 g/mol. The molecule has 0 fully saturated rings. The molecule has 144 valence electrons. The molecule has 0 spiro atoms. The van der Waals surface area contributed by atoms with Crippen molar-refractivity contribution in [3.05, 3.63) is 63.3 Å². The third kappa shape index (κ3) is 3.83. The Labute approximate surface area is 169 Å². The summed E-state index contributed by atoms with van der Waals surface area (Å²) in [7, 11) is 2.39. The zero-order valence-corrected chi connectivity index (χ0v) is 16.5. The number of rotatable bonds is 5. The lowest BCUT2D eigenvalue weighted by molar-refractivity contribution is -0.144. The second kappa shape index (κ2) is 8.37. The second-order valence-corrected chi connectivity index (χ2v) is 7.02. The Hall–Kier alpha value is -2.97. The van der Waals surface area contributed by atoms with E-state index in [9.17, 15) is 14.4 Å². The standard InChI is InChI=1S/C19H15ClN2O5S/c1-26-18(24)13-10-14(17(23)15-7-4-8-28-15)21-22(16(13)19(25)27-2)12-6-3-5-11(20)9-12/h3-10,16H,1-2H3/t16-/m1/s1. The smallest absolute Gasteiger partial charge is 0.336 e. The summed E-state index contributed by atoms with van der Waals surface area (Å²) in [6, 6.07) is 8.69. The fraction of sp³-hybridized carbons (Fsp3) is 0.158. The minimum atomic E-state index is -1.23. The number of thiophene rings is 1. The number of ether oxygens (including phenoxy) is 2. The summed E-state index contributed by atoms with van der Waals surface area (Å²) < 4.78 is 9.66. The Balaban J connectivity index is 2.17. The second-order valence-electron chi connectivity index (χ2n) is 5.63. The van der Waals surface area contributed by atoms with Crippen LogP contribution in [0.1, 0.15) is 9.67 Å². The molecule has 1 aromatic heterocycles. The zero-order valence-electron chi connectivity index (χ0n) is 14.9. The number of methoxy groups -OCH3 is 2. The first kappa shape index (κ1) is 19.8. The van der Waals surface area contributed by atoms with E-state index < -0.39 is 18.0 Å². The number of ketones is 1. The van der Waals surface area contributed by atoms with E-state index in [4.69, 9.17) is 21.1 Å². The van der Waals surface area contributed by atoms with Gasteiger partial charge in [-0.1, -0.05) is 23.7 Å².